The molecule has 8 heteroatoms. The van der Waals surface area contributed by atoms with E-state index < -0.39 is 6.03 Å². The van der Waals surface area contributed by atoms with Gasteiger partial charge in [0.25, 0.3) is 11.5 Å². The number of urea groups is 1. The van der Waals surface area contributed by atoms with Crippen molar-refractivity contribution >= 4 is 23.3 Å². The summed E-state index contributed by atoms with van der Waals surface area (Å²) < 4.78 is 1.44. The lowest BCUT2D eigenvalue weighted by Gasteiger charge is -2.19. The van der Waals surface area contributed by atoms with Crippen LogP contribution in [0.2, 0.25) is 0 Å². The maximum Gasteiger partial charge on any atom is 0.319 e. The topological polar surface area (TPSA) is 95.5 Å². The lowest BCUT2D eigenvalue weighted by molar-refractivity contribution is 0.102. The molecule has 0 unspecified atom stereocenters. The zero-order valence-corrected chi connectivity index (χ0v) is 22.7. The maximum absolute atomic E-state index is 13.0. The maximum atomic E-state index is 13.0. The first-order valence-corrected chi connectivity index (χ1v) is 12.3. The van der Waals surface area contributed by atoms with Crippen molar-refractivity contribution in [1.82, 2.24) is 14.8 Å². The minimum Gasteiger partial charge on any atom is -0.337 e. The monoisotopic (exact) mass is 503 g/mol. The Morgan fingerprint density at radius 3 is 2.27 bits per heavy atom. The molecule has 0 saturated carbocycles. The number of aromatic nitrogens is 1. The largest absolute Gasteiger partial charge is 0.337 e. The quantitative estimate of drug-likeness (QED) is 0.439. The normalized spacial score (nSPS) is 11.4. The van der Waals surface area contributed by atoms with Gasteiger partial charge in [-0.3, -0.25) is 9.59 Å². The lowest BCUT2D eigenvalue weighted by Crippen LogP contribution is -2.36. The molecule has 0 aliphatic carbocycles. The highest BCUT2D eigenvalue weighted by Gasteiger charge is 2.16. The first kappa shape index (κ1) is 27.7. The molecule has 0 saturated heterocycles. The highest BCUT2D eigenvalue weighted by Crippen LogP contribution is 2.30. The van der Waals surface area contributed by atoms with Crippen LogP contribution in [0, 0.1) is 6.92 Å². The summed E-state index contributed by atoms with van der Waals surface area (Å²) in [5.74, 6) is -0.196. The third-order valence-electron chi connectivity index (χ3n) is 6.18. The van der Waals surface area contributed by atoms with Crippen LogP contribution >= 0.6 is 0 Å². The van der Waals surface area contributed by atoms with E-state index in [9.17, 15) is 14.4 Å². The number of amides is 3. The van der Waals surface area contributed by atoms with Gasteiger partial charge in [0, 0.05) is 43.1 Å². The molecule has 3 N–H and O–H groups in total. The summed E-state index contributed by atoms with van der Waals surface area (Å²) in [5.41, 5.74) is 4.72. The molecule has 37 heavy (non-hydrogen) atoms. The summed E-state index contributed by atoms with van der Waals surface area (Å²) in [6, 6.07) is 14.5. The molecular formula is C29H37N5O3. The minimum atomic E-state index is -0.439. The van der Waals surface area contributed by atoms with Crippen LogP contribution < -0.4 is 21.5 Å². The molecule has 0 bridgehead atoms. The highest BCUT2D eigenvalue weighted by molar-refractivity contribution is 6.05. The van der Waals surface area contributed by atoms with E-state index in [1.165, 1.54) is 4.57 Å². The fourth-order valence-electron chi connectivity index (χ4n) is 3.91. The van der Waals surface area contributed by atoms with Crippen LogP contribution in [0.3, 0.4) is 0 Å². The standard InChI is InChI=1S/C29H37N5O3/c1-19-23(21-17-25(27(36)34(7)18-21)32-28(37)30-15-16-33(5)6)9-8-10-24(19)31-26(35)20-11-13-22(14-12-20)29(2,3)4/h8-14,17-18H,15-16H2,1-7H3,(H,31,35)(H2,30,32,37). The molecule has 0 spiro atoms. The van der Waals surface area contributed by atoms with Crippen LogP contribution in [-0.2, 0) is 12.5 Å². The van der Waals surface area contributed by atoms with Crippen LogP contribution in [0.4, 0.5) is 16.2 Å². The second kappa shape index (κ2) is 11.4. The number of likely N-dealkylation sites (N-methyl/N-ethyl adjacent to an activating group) is 1. The summed E-state index contributed by atoms with van der Waals surface area (Å²) in [6.45, 7) is 9.46. The van der Waals surface area contributed by atoms with Crippen molar-refractivity contribution in [3.8, 4) is 11.1 Å². The zero-order valence-electron chi connectivity index (χ0n) is 22.7. The highest BCUT2D eigenvalue weighted by atomic mass is 16.2. The van der Waals surface area contributed by atoms with Crippen molar-refractivity contribution in [3.05, 3.63) is 81.8 Å². The number of carbonyl (C=O) groups is 2. The van der Waals surface area contributed by atoms with Gasteiger partial charge in [-0.1, -0.05) is 45.0 Å². The van der Waals surface area contributed by atoms with Crippen molar-refractivity contribution in [1.29, 1.82) is 0 Å². The fourth-order valence-corrected chi connectivity index (χ4v) is 3.91. The van der Waals surface area contributed by atoms with Crippen LogP contribution in [0.15, 0.2) is 59.5 Å². The number of hydrogen-bond acceptors (Lipinski definition) is 4. The first-order valence-electron chi connectivity index (χ1n) is 12.3. The Labute approximate surface area is 218 Å². The molecule has 0 aliphatic heterocycles. The van der Waals surface area contributed by atoms with Gasteiger partial charge in [0.05, 0.1) is 0 Å². The predicted octanol–water partition coefficient (Wildman–Crippen LogP) is 4.59. The second-order valence-electron chi connectivity index (χ2n) is 10.5. The molecule has 8 nitrogen and oxygen atoms in total. The number of hydrogen-bond donors (Lipinski definition) is 3. The van der Waals surface area contributed by atoms with E-state index in [2.05, 4.69) is 36.7 Å². The van der Waals surface area contributed by atoms with E-state index in [-0.39, 0.29) is 22.6 Å². The Morgan fingerprint density at radius 2 is 1.65 bits per heavy atom. The zero-order chi connectivity index (χ0) is 27.3. The van der Waals surface area contributed by atoms with Gasteiger partial charge in [-0.2, -0.15) is 0 Å². The number of anilines is 2. The number of carbonyl (C=O) groups excluding carboxylic acids is 2. The van der Waals surface area contributed by atoms with Crippen LogP contribution in [0.25, 0.3) is 11.1 Å². The van der Waals surface area contributed by atoms with Gasteiger partial charge in [0.2, 0.25) is 0 Å². The smallest absolute Gasteiger partial charge is 0.319 e. The Hall–Kier alpha value is -3.91. The molecule has 0 fully saturated rings. The van der Waals surface area contributed by atoms with Crippen molar-refractivity contribution < 1.29 is 9.59 Å². The molecule has 0 atom stereocenters. The first-order chi connectivity index (χ1) is 17.4. The Balaban J connectivity index is 1.84. The van der Waals surface area contributed by atoms with Gasteiger partial charge in [-0.05, 0) is 67.4 Å². The average molecular weight is 504 g/mol. The van der Waals surface area contributed by atoms with Gasteiger partial charge < -0.3 is 25.4 Å². The number of aryl methyl sites for hydroxylation is 1. The lowest BCUT2D eigenvalue weighted by atomic mass is 9.86. The van der Waals surface area contributed by atoms with E-state index in [1.807, 2.05) is 68.4 Å². The Morgan fingerprint density at radius 1 is 0.973 bits per heavy atom. The number of nitrogens with one attached hydrogen (secondary N) is 3. The van der Waals surface area contributed by atoms with Crippen LogP contribution in [-0.4, -0.2) is 48.6 Å². The summed E-state index contributed by atoms with van der Waals surface area (Å²) in [5, 5.41) is 8.43. The van der Waals surface area contributed by atoms with Crippen molar-refractivity contribution in [3.63, 3.8) is 0 Å². The molecule has 0 radical (unpaired) electrons. The minimum absolute atomic E-state index is 0.0102. The van der Waals surface area contributed by atoms with Crippen LogP contribution in [0.1, 0.15) is 42.3 Å². The average Bonchev–Trinajstić information content (AvgIpc) is 2.82. The molecule has 0 aliphatic rings. The summed E-state index contributed by atoms with van der Waals surface area (Å²) in [7, 11) is 5.48. The predicted molar refractivity (Wildman–Crippen MR) is 151 cm³/mol. The summed E-state index contributed by atoms with van der Waals surface area (Å²) in [4.78, 5) is 39.9. The number of rotatable bonds is 7. The van der Waals surface area contributed by atoms with Crippen molar-refractivity contribution in [2.24, 2.45) is 7.05 Å². The summed E-state index contributed by atoms with van der Waals surface area (Å²) >= 11 is 0. The third kappa shape index (κ3) is 7.07. The van der Waals surface area contributed by atoms with E-state index in [0.717, 1.165) is 22.3 Å². The molecule has 2 aromatic carbocycles. The second-order valence-corrected chi connectivity index (χ2v) is 10.5. The number of pyridine rings is 1. The van der Waals surface area contributed by atoms with Crippen LogP contribution in [0.5, 0.6) is 0 Å². The third-order valence-corrected chi connectivity index (χ3v) is 6.18. The van der Waals surface area contributed by atoms with Crippen molar-refractivity contribution in [2.75, 3.05) is 37.8 Å². The number of benzene rings is 2. The Bertz CT molecular complexity index is 1340. The van der Waals surface area contributed by atoms with Gasteiger partial charge >= 0.3 is 6.03 Å². The van der Waals surface area contributed by atoms with E-state index in [4.69, 9.17) is 0 Å². The van der Waals surface area contributed by atoms with Gasteiger partial charge in [-0.15, -0.1) is 0 Å². The van der Waals surface area contributed by atoms with E-state index >= 15 is 0 Å². The fraction of sp³-hybridized carbons (Fsp3) is 0.345. The molecule has 1 aromatic heterocycles. The SMILES string of the molecule is Cc1c(NC(=O)c2ccc(C(C)(C)C)cc2)cccc1-c1cc(NC(=O)NCCN(C)C)c(=O)n(C)c1. The van der Waals surface area contributed by atoms with Gasteiger partial charge in [0.1, 0.15) is 5.69 Å². The van der Waals surface area contributed by atoms with E-state index in [0.29, 0.717) is 24.3 Å². The molecule has 3 amide bonds. The van der Waals surface area contributed by atoms with Gasteiger partial charge in [-0.25, -0.2) is 4.79 Å². The number of nitrogens with zero attached hydrogens (tertiary/aromatic N) is 2. The Kier molecular flexibility index (Phi) is 8.55. The molecule has 3 rings (SSSR count). The van der Waals surface area contributed by atoms with E-state index in [1.54, 1.807) is 19.3 Å². The molecular weight excluding hydrogens is 466 g/mol. The molecule has 1 heterocycles. The van der Waals surface area contributed by atoms with Crippen molar-refractivity contribution in [2.45, 2.75) is 33.1 Å². The molecule has 196 valence electrons. The molecule has 3 aromatic rings. The van der Waals surface area contributed by atoms with Gasteiger partial charge in [0.15, 0.2) is 0 Å². The summed E-state index contributed by atoms with van der Waals surface area (Å²) in [6.07, 6.45) is 1.72.